The van der Waals surface area contributed by atoms with E-state index in [0.717, 1.165) is 0 Å². The van der Waals surface area contributed by atoms with Crippen LogP contribution in [0.25, 0.3) is 0 Å². The zero-order chi connectivity index (χ0) is 22.9. The number of carbonyl (C=O) groups excluding carboxylic acids is 2. The second-order valence-electron chi connectivity index (χ2n) is 8.23. The quantitative estimate of drug-likeness (QED) is 0.541. The van der Waals surface area contributed by atoms with Crippen molar-refractivity contribution in [1.82, 2.24) is 14.9 Å². The van der Waals surface area contributed by atoms with Gasteiger partial charge in [0.25, 0.3) is 11.8 Å². The minimum Gasteiger partial charge on any atom is -0.393 e. The topological polar surface area (TPSA) is 116 Å². The molecular weight excluding hydrogens is 403 g/mol. The van der Waals surface area contributed by atoms with Crippen LogP contribution in [-0.4, -0.2) is 43.7 Å². The van der Waals surface area contributed by atoms with Crippen molar-refractivity contribution in [1.29, 1.82) is 0 Å². The van der Waals surface area contributed by atoms with Gasteiger partial charge in [-0.05, 0) is 58.1 Å². The second kappa shape index (κ2) is 9.15. The minimum absolute atomic E-state index is 0.0933. The molecule has 8 nitrogen and oxygen atoms in total. The summed E-state index contributed by atoms with van der Waals surface area (Å²) < 4.78 is 15.0. The molecule has 168 valence electrons. The van der Waals surface area contributed by atoms with Crippen LogP contribution in [0.2, 0.25) is 0 Å². The molecule has 2 heterocycles. The van der Waals surface area contributed by atoms with E-state index >= 15 is 0 Å². The van der Waals surface area contributed by atoms with E-state index in [0.29, 0.717) is 59.4 Å². The van der Waals surface area contributed by atoms with E-state index in [-0.39, 0.29) is 12.1 Å². The number of nitrogens with zero attached hydrogens (tertiary/aromatic N) is 2. The highest BCUT2D eigenvalue weighted by atomic mass is 19.1. The zero-order valence-electron chi connectivity index (χ0n) is 18.2. The number of aliphatic hydroxyl groups excluding tert-OH is 2. The molecule has 31 heavy (non-hydrogen) atoms. The van der Waals surface area contributed by atoms with E-state index in [4.69, 9.17) is 0 Å². The fraction of sp³-hybridized carbons (Fsp3) is 0.500. The fourth-order valence-corrected chi connectivity index (χ4v) is 4.17. The Hall–Kier alpha value is -2.78. The second-order valence-corrected chi connectivity index (χ2v) is 8.23. The molecule has 1 aliphatic carbocycles. The van der Waals surface area contributed by atoms with Gasteiger partial charge in [-0.2, -0.15) is 4.39 Å². The Kier molecular flexibility index (Phi) is 6.76. The van der Waals surface area contributed by atoms with E-state index in [1.54, 1.807) is 32.4 Å². The number of pyridine rings is 1. The van der Waals surface area contributed by atoms with Crippen molar-refractivity contribution < 1.29 is 24.2 Å². The summed E-state index contributed by atoms with van der Waals surface area (Å²) in [6.45, 7) is 4.96. The highest BCUT2D eigenvalue weighted by Gasteiger charge is 2.30. The van der Waals surface area contributed by atoms with Crippen molar-refractivity contribution >= 4 is 17.5 Å². The number of carbonyl (C=O) groups is 2. The highest BCUT2D eigenvalue weighted by molar-refractivity contribution is 6.06. The molecule has 1 fully saturated rings. The molecule has 0 bridgehead atoms. The van der Waals surface area contributed by atoms with E-state index in [1.807, 2.05) is 0 Å². The van der Waals surface area contributed by atoms with Crippen LogP contribution in [0.3, 0.4) is 0 Å². The molecule has 1 saturated carbocycles. The van der Waals surface area contributed by atoms with E-state index in [9.17, 15) is 24.2 Å². The number of hydrogen-bond acceptors (Lipinski definition) is 5. The van der Waals surface area contributed by atoms with Gasteiger partial charge in [-0.15, -0.1) is 0 Å². The first-order valence-electron chi connectivity index (χ1n) is 10.4. The first-order valence-corrected chi connectivity index (χ1v) is 10.4. The Morgan fingerprint density at radius 1 is 1.23 bits per heavy atom. The average Bonchev–Trinajstić information content (AvgIpc) is 2.94. The lowest BCUT2D eigenvalue weighted by Gasteiger charge is -2.27. The van der Waals surface area contributed by atoms with Crippen LogP contribution in [0.1, 0.15) is 64.7 Å². The molecule has 3 rings (SSSR count). The van der Waals surface area contributed by atoms with Crippen molar-refractivity contribution in [3.63, 3.8) is 0 Å². The van der Waals surface area contributed by atoms with E-state index < -0.39 is 23.9 Å². The van der Waals surface area contributed by atoms with Gasteiger partial charge in [0.05, 0.1) is 29.2 Å². The standard InChI is InChI=1S/C22H29FN4O4/c1-11-9-15(10-24-20(11)23)26-21(30)17-12(2)18(27(4)13(17)3)19(29)22(31)25-14-5-7-16(28)8-6-14/h9-10,14,16,19,28-29H,5-8H2,1-4H3,(H,25,31)(H,26,30)/t14-,16-,19?. The third-order valence-electron chi connectivity index (χ3n) is 6.04. The van der Waals surface area contributed by atoms with Crippen LogP contribution in [0.15, 0.2) is 12.3 Å². The van der Waals surface area contributed by atoms with Crippen LogP contribution in [0.4, 0.5) is 10.1 Å². The number of rotatable bonds is 5. The summed E-state index contributed by atoms with van der Waals surface area (Å²) >= 11 is 0. The number of aryl methyl sites for hydroxylation is 1. The summed E-state index contributed by atoms with van der Waals surface area (Å²) in [5, 5.41) is 25.9. The molecule has 4 N–H and O–H groups in total. The molecule has 2 aromatic heterocycles. The molecule has 2 amide bonds. The van der Waals surface area contributed by atoms with Gasteiger partial charge in [0.15, 0.2) is 6.10 Å². The highest BCUT2D eigenvalue weighted by Crippen LogP contribution is 2.28. The Labute approximate surface area is 180 Å². The van der Waals surface area contributed by atoms with Crippen LogP contribution in [0.5, 0.6) is 0 Å². The first kappa shape index (κ1) is 22.9. The van der Waals surface area contributed by atoms with Gasteiger partial charge < -0.3 is 25.4 Å². The number of amides is 2. The number of aliphatic hydroxyl groups is 2. The van der Waals surface area contributed by atoms with Gasteiger partial charge in [-0.3, -0.25) is 9.59 Å². The molecule has 9 heteroatoms. The molecule has 0 spiro atoms. The zero-order valence-corrected chi connectivity index (χ0v) is 18.2. The lowest BCUT2D eigenvalue weighted by molar-refractivity contribution is -0.131. The van der Waals surface area contributed by atoms with Crippen LogP contribution >= 0.6 is 0 Å². The molecule has 1 aliphatic rings. The number of hydrogen-bond donors (Lipinski definition) is 4. The summed E-state index contributed by atoms with van der Waals surface area (Å²) in [4.78, 5) is 29.2. The van der Waals surface area contributed by atoms with Crippen molar-refractivity contribution in [2.75, 3.05) is 5.32 Å². The summed E-state index contributed by atoms with van der Waals surface area (Å²) in [5.41, 5.74) is 2.42. The molecule has 1 atom stereocenters. The van der Waals surface area contributed by atoms with E-state index in [1.165, 1.54) is 12.3 Å². The molecule has 0 saturated heterocycles. The van der Waals surface area contributed by atoms with E-state index in [2.05, 4.69) is 15.6 Å². The monoisotopic (exact) mass is 432 g/mol. The summed E-state index contributed by atoms with van der Waals surface area (Å²) in [7, 11) is 1.69. The third-order valence-corrected chi connectivity index (χ3v) is 6.04. The minimum atomic E-state index is -1.44. The number of nitrogens with one attached hydrogen (secondary N) is 2. The number of halogens is 1. The largest absolute Gasteiger partial charge is 0.393 e. The van der Waals surface area contributed by atoms with Gasteiger partial charge in [0.1, 0.15) is 0 Å². The summed E-state index contributed by atoms with van der Waals surface area (Å²) in [6, 6.07) is 1.39. The molecule has 2 aromatic rings. The maximum absolute atomic E-state index is 13.4. The third kappa shape index (κ3) is 4.77. The van der Waals surface area contributed by atoms with Gasteiger partial charge in [0.2, 0.25) is 5.95 Å². The molecule has 0 aliphatic heterocycles. The molecule has 1 unspecified atom stereocenters. The number of anilines is 1. The maximum Gasteiger partial charge on any atom is 0.257 e. The van der Waals surface area contributed by atoms with Crippen molar-refractivity contribution in [3.8, 4) is 0 Å². The summed E-state index contributed by atoms with van der Waals surface area (Å²) in [5.74, 6) is -1.57. The fourth-order valence-electron chi connectivity index (χ4n) is 4.17. The first-order chi connectivity index (χ1) is 14.6. The lowest BCUT2D eigenvalue weighted by Crippen LogP contribution is -2.41. The van der Waals surface area contributed by atoms with Gasteiger partial charge in [0, 0.05) is 24.3 Å². The van der Waals surface area contributed by atoms with Crippen molar-refractivity contribution in [2.24, 2.45) is 7.05 Å². The van der Waals surface area contributed by atoms with Gasteiger partial charge in [-0.25, -0.2) is 4.98 Å². The van der Waals surface area contributed by atoms with Gasteiger partial charge >= 0.3 is 0 Å². The Bertz CT molecular complexity index is 996. The molecule has 0 radical (unpaired) electrons. The van der Waals surface area contributed by atoms with Crippen LogP contribution in [0, 0.1) is 26.7 Å². The Balaban J connectivity index is 1.79. The maximum atomic E-state index is 13.4. The van der Waals surface area contributed by atoms with Crippen LogP contribution in [-0.2, 0) is 11.8 Å². The van der Waals surface area contributed by atoms with Gasteiger partial charge in [-0.1, -0.05) is 0 Å². The van der Waals surface area contributed by atoms with Crippen molar-refractivity contribution in [3.05, 3.63) is 46.3 Å². The number of aromatic nitrogens is 2. The van der Waals surface area contributed by atoms with Crippen molar-refractivity contribution in [2.45, 2.75) is 64.7 Å². The normalized spacial score (nSPS) is 19.7. The predicted molar refractivity (Wildman–Crippen MR) is 113 cm³/mol. The summed E-state index contributed by atoms with van der Waals surface area (Å²) in [6.07, 6.45) is 2.01. The molecule has 0 aromatic carbocycles. The Morgan fingerprint density at radius 2 is 1.87 bits per heavy atom. The molecular formula is C22H29FN4O4. The Morgan fingerprint density at radius 3 is 2.48 bits per heavy atom. The smallest absolute Gasteiger partial charge is 0.257 e. The predicted octanol–water partition coefficient (Wildman–Crippen LogP) is 2.19. The van der Waals surface area contributed by atoms with Crippen LogP contribution < -0.4 is 10.6 Å². The SMILES string of the molecule is Cc1cc(NC(=O)c2c(C)c(C(O)C(=O)N[C@H]3CC[C@H](O)CC3)n(C)c2C)cnc1F. The average molecular weight is 432 g/mol. The lowest BCUT2D eigenvalue weighted by atomic mass is 9.93.